The zero-order valence-corrected chi connectivity index (χ0v) is 20.3. The maximum Gasteiger partial charge on any atom is 0.358 e. The van der Waals surface area contributed by atoms with Crippen LogP contribution in [0.2, 0.25) is 0 Å². The highest BCUT2D eigenvalue weighted by molar-refractivity contribution is 5.94. The number of carbonyl (C=O) groups excluding carboxylic acids is 2. The molecule has 0 bridgehead atoms. The van der Waals surface area contributed by atoms with E-state index in [1.165, 1.54) is 40.6 Å². The maximum absolute atomic E-state index is 13.6. The van der Waals surface area contributed by atoms with Crippen molar-refractivity contribution in [1.82, 2.24) is 19.5 Å². The van der Waals surface area contributed by atoms with Gasteiger partial charge in [-0.05, 0) is 51.0 Å². The first-order chi connectivity index (χ1) is 17.0. The highest BCUT2D eigenvalue weighted by Gasteiger charge is 2.23. The molecular weight excluding hydrogens is 448 g/mol. The Morgan fingerprint density at radius 1 is 1.03 bits per heavy atom. The van der Waals surface area contributed by atoms with Crippen molar-refractivity contribution in [3.63, 3.8) is 0 Å². The van der Waals surface area contributed by atoms with E-state index in [2.05, 4.69) is 10.4 Å². The third-order valence-corrected chi connectivity index (χ3v) is 6.21. The summed E-state index contributed by atoms with van der Waals surface area (Å²) in [5.41, 5.74) is 0.390. The fourth-order valence-corrected chi connectivity index (χ4v) is 4.49. The summed E-state index contributed by atoms with van der Waals surface area (Å²) >= 11 is 0. The summed E-state index contributed by atoms with van der Waals surface area (Å²) in [5.74, 6) is -0.305. The minimum atomic E-state index is -0.622. The summed E-state index contributed by atoms with van der Waals surface area (Å²) < 4.78 is 13.2. The maximum atomic E-state index is 13.6. The third kappa shape index (κ3) is 5.55. The van der Waals surface area contributed by atoms with E-state index in [4.69, 9.17) is 9.47 Å². The highest BCUT2D eigenvalue weighted by Crippen LogP contribution is 2.20. The van der Waals surface area contributed by atoms with Gasteiger partial charge in [0.2, 0.25) is 0 Å². The van der Waals surface area contributed by atoms with Gasteiger partial charge in [-0.3, -0.25) is 14.2 Å². The number of hydrogen-bond donors (Lipinski definition) is 1. The Hall–Kier alpha value is -3.62. The lowest BCUT2D eigenvalue weighted by Crippen LogP contribution is -2.39. The van der Waals surface area contributed by atoms with Gasteiger partial charge in [0.15, 0.2) is 5.69 Å². The molecule has 186 valence electrons. The van der Waals surface area contributed by atoms with Crippen LogP contribution in [0.4, 0.5) is 0 Å². The van der Waals surface area contributed by atoms with Crippen LogP contribution in [-0.4, -0.2) is 45.3 Å². The molecule has 1 aliphatic carbocycles. The van der Waals surface area contributed by atoms with Crippen LogP contribution >= 0.6 is 0 Å². The van der Waals surface area contributed by atoms with Crippen molar-refractivity contribution in [2.45, 2.75) is 64.8 Å². The first kappa shape index (κ1) is 24.5. The van der Waals surface area contributed by atoms with Crippen molar-refractivity contribution in [3.8, 4) is 11.4 Å². The SMILES string of the molecule is CCOC(=O)c1cc2c(=O)n(-c3ccc(OCC)cc3)c(C(=O)NC3CCCCCCC3)cn2n1. The summed E-state index contributed by atoms with van der Waals surface area (Å²) in [6.45, 7) is 4.31. The van der Waals surface area contributed by atoms with E-state index in [1.54, 1.807) is 31.2 Å². The Bertz CT molecular complexity index is 1240. The summed E-state index contributed by atoms with van der Waals surface area (Å²) in [5, 5.41) is 7.34. The number of nitrogens with zero attached hydrogens (tertiary/aromatic N) is 3. The lowest BCUT2D eigenvalue weighted by Gasteiger charge is -2.22. The first-order valence-corrected chi connectivity index (χ1v) is 12.4. The molecule has 1 aliphatic rings. The molecule has 35 heavy (non-hydrogen) atoms. The summed E-state index contributed by atoms with van der Waals surface area (Å²) in [6.07, 6.45) is 9.02. The Kier molecular flexibility index (Phi) is 7.84. The van der Waals surface area contributed by atoms with Gasteiger partial charge in [-0.2, -0.15) is 5.10 Å². The Balaban J connectivity index is 1.78. The van der Waals surface area contributed by atoms with Gasteiger partial charge < -0.3 is 14.8 Å². The summed E-state index contributed by atoms with van der Waals surface area (Å²) in [7, 11) is 0. The molecule has 1 saturated carbocycles. The topological polar surface area (TPSA) is 104 Å². The van der Waals surface area contributed by atoms with Gasteiger partial charge in [-0.15, -0.1) is 0 Å². The van der Waals surface area contributed by atoms with Crippen LogP contribution in [0.5, 0.6) is 5.75 Å². The molecule has 0 radical (unpaired) electrons. The average molecular weight is 481 g/mol. The van der Waals surface area contributed by atoms with Gasteiger partial charge in [0.25, 0.3) is 11.5 Å². The van der Waals surface area contributed by atoms with E-state index in [0.29, 0.717) is 18.0 Å². The number of aromatic nitrogens is 3. The fraction of sp³-hybridized carbons (Fsp3) is 0.462. The molecule has 2 heterocycles. The van der Waals surface area contributed by atoms with Gasteiger partial charge in [-0.1, -0.05) is 32.1 Å². The zero-order valence-electron chi connectivity index (χ0n) is 20.3. The van der Waals surface area contributed by atoms with E-state index >= 15 is 0 Å². The second kappa shape index (κ2) is 11.2. The minimum Gasteiger partial charge on any atom is -0.494 e. The van der Waals surface area contributed by atoms with Crippen LogP contribution in [0.15, 0.2) is 41.3 Å². The lowest BCUT2D eigenvalue weighted by atomic mass is 9.96. The van der Waals surface area contributed by atoms with E-state index < -0.39 is 11.5 Å². The molecule has 1 fully saturated rings. The summed E-state index contributed by atoms with van der Waals surface area (Å²) in [4.78, 5) is 39.3. The molecule has 1 N–H and O–H groups in total. The number of benzene rings is 1. The molecule has 2 aromatic heterocycles. The number of rotatable bonds is 7. The molecule has 9 heteroatoms. The third-order valence-electron chi connectivity index (χ3n) is 6.21. The quantitative estimate of drug-likeness (QED) is 0.515. The summed E-state index contributed by atoms with van der Waals surface area (Å²) in [6, 6.07) is 8.42. The largest absolute Gasteiger partial charge is 0.494 e. The molecule has 0 atom stereocenters. The molecule has 0 saturated heterocycles. The molecule has 0 aliphatic heterocycles. The van der Waals surface area contributed by atoms with Gasteiger partial charge in [0.05, 0.1) is 19.4 Å². The fourth-order valence-electron chi connectivity index (χ4n) is 4.49. The molecule has 3 aromatic rings. The predicted octanol–water partition coefficient (Wildman–Crippen LogP) is 3.90. The second-order valence-corrected chi connectivity index (χ2v) is 8.68. The van der Waals surface area contributed by atoms with Crippen molar-refractivity contribution in [2.75, 3.05) is 13.2 Å². The number of esters is 1. The molecule has 0 unspecified atom stereocenters. The number of hydrogen-bond acceptors (Lipinski definition) is 6. The molecule has 1 aromatic carbocycles. The van der Waals surface area contributed by atoms with E-state index in [-0.39, 0.29) is 35.5 Å². The van der Waals surface area contributed by atoms with Crippen molar-refractivity contribution in [1.29, 1.82) is 0 Å². The number of ether oxygens (including phenoxy) is 2. The minimum absolute atomic E-state index is 0.0137. The molecule has 0 spiro atoms. The Morgan fingerprint density at radius 2 is 1.71 bits per heavy atom. The lowest BCUT2D eigenvalue weighted by molar-refractivity contribution is 0.0519. The Labute approximate surface area is 204 Å². The number of nitrogens with one attached hydrogen (secondary N) is 1. The van der Waals surface area contributed by atoms with Crippen LogP contribution in [0.25, 0.3) is 11.2 Å². The van der Waals surface area contributed by atoms with Crippen LogP contribution in [0, 0.1) is 0 Å². The predicted molar refractivity (Wildman–Crippen MR) is 131 cm³/mol. The smallest absolute Gasteiger partial charge is 0.358 e. The highest BCUT2D eigenvalue weighted by atomic mass is 16.5. The molecule has 4 rings (SSSR count). The van der Waals surface area contributed by atoms with Crippen LogP contribution in [0.3, 0.4) is 0 Å². The average Bonchev–Trinajstić information content (AvgIpc) is 3.27. The Morgan fingerprint density at radius 3 is 2.37 bits per heavy atom. The van der Waals surface area contributed by atoms with E-state index in [0.717, 1.165) is 25.7 Å². The van der Waals surface area contributed by atoms with Crippen LogP contribution < -0.4 is 15.6 Å². The van der Waals surface area contributed by atoms with Crippen molar-refractivity contribution in [2.24, 2.45) is 0 Å². The standard InChI is InChI=1S/C26H32N4O5/c1-3-34-20-14-12-19(13-15-20)30-23(24(31)27-18-10-8-6-5-7-9-11-18)17-29-22(25(30)32)16-21(28-29)26(33)35-4-2/h12-18H,3-11H2,1-2H3,(H,27,31). The van der Waals surface area contributed by atoms with Gasteiger partial charge in [0.1, 0.15) is 17.0 Å². The number of fused-ring (bicyclic) bond motifs is 1. The van der Waals surface area contributed by atoms with Crippen molar-refractivity contribution in [3.05, 3.63) is 58.3 Å². The number of carbonyl (C=O) groups is 2. The van der Waals surface area contributed by atoms with Crippen LogP contribution in [-0.2, 0) is 4.74 Å². The number of amides is 1. The van der Waals surface area contributed by atoms with Crippen molar-refractivity contribution >= 4 is 17.4 Å². The second-order valence-electron chi connectivity index (χ2n) is 8.68. The van der Waals surface area contributed by atoms with E-state index in [9.17, 15) is 14.4 Å². The normalized spacial score (nSPS) is 14.8. The van der Waals surface area contributed by atoms with Crippen LogP contribution in [0.1, 0.15) is 79.8 Å². The zero-order chi connectivity index (χ0) is 24.8. The molecule has 1 amide bonds. The van der Waals surface area contributed by atoms with Gasteiger partial charge in [-0.25, -0.2) is 9.31 Å². The van der Waals surface area contributed by atoms with Crippen molar-refractivity contribution < 1.29 is 19.1 Å². The van der Waals surface area contributed by atoms with E-state index in [1.807, 2.05) is 6.92 Å². The molecular formula is C26H32N4O5. The monoisotopic (exact) mass is 480 g/mol. The van der Waals surface area contributed by atoms with Gasteiger partial charge >= 0.3 is 5.97 Å². The van der Waals surface area contributed by atoms with Gasteiger partial charge in [0, 0.05) is 17.8 Å². The molecule has 9 nitrogen and oxygen atoms in total. The first-order valence-electron chi connectivity index (χ1n) is 12.4.